The summed E-state index contributed by atoms with van der Waals surface area (Å²) >= 11 is 0. The fourth-order valence-corrected chi connectivity index (χ4v) is 2.67. The van der Waals surface area contributed by atoms with E-state index in [1.54, 1.807) is 30.3 Å². The van der Waals surface area contributed by atoms with E-state index in [2.05, 4.69) is 4.98 Å². The zero-order valence-corrected chi connectivity index (χ0v) is 10.6. The predicted octanol–water partition coefficient (Wildman–Crippen LogP) is 1.49. The second-order valence-electron chi connectivity index (χ2n) is 3.76. The Bertz CT molecular complexity index is 641. The van der Waals surface area contributed by atoms with Crippen LogP contribution in [0.1, 0.15) is 0 Å². The first-order valence-electron chi connectivity index (χ1n) is 5.26. The topological polar surface area (TPSA) is 76.3 Å². The van der Waals surface area contributed by atoms with Crippen LogP contribution in [0, 0.1) is 0 Å². The van der Waals surface area contributed by atoms with Gasteiger partial charge in [-0.1, -0.05) is 6.07 Å². The van der Waals surface area contributed by atoms with Gasteiger partial charge in [-0.2, -0.15) is 0 Å². The van der Waals surface area contributed by atoms with Gasteiger partial charge < -0.3 is 5.73 Å². The smallest absolute Gasteiger partial charge is 0.265 e. The Kier molecular flexibility index (Phi) is 3.20. The van der Waals surface area contributed by atoms with Gasteiger partial charge in [0.05, 0.1) is 5.69 Å². The maximum Gasteiger partial charge on any atom is 0.265 e. The molecule has 0 amide bonds. The Hall–Kier alpha value is -2.08. The average Bonchev–Trinajstić information content (AvgIpc) is 2.39. The molecule has 0 bridgehead atoms. The molecule has 0 aliphatic carbocycles. The lowest BCUT2D eigenvalue weighted by Crippen LogP contribution is -2.26. The van der Waals surface area contributed by atoms with Crippen LogP contribution in [0.5, 0.6) is 0 Å². The van der Waals surface area contributed by atoms with Crippen LogP contribution >= 0.6 is 0 Å². The van der Waals surface area contributed by atoms with Gasteiger partial charge in [0.1, 0.15) is 4.90 Å². The fraction of sp³-hybridized carbons (Fsp3) is 0.0833. The van der Waals surface area contributed by atoms with E-state index < -0.39 is 10.0 Å². The SMILES string of the molecule is CN(c1cccc(N)c1)S(=O)(=O)c1cccnc1. The molecule has 6 heteroatoms. The van der Waals surface area contributed by atoms with Gasteiger partial charge in [-0.3, -0.25) is 9.29 Å². The van der Waals surface area contributed by atoms with Crippen LogP contribution in [-0.4, -0.2) is 20.4 Å². The molecule has 0 atom stereocenters. The molecule has 0 aliphatic rings. The molecule has 1 aromatic carbocycles. The maximum atomic E-state index is 12.3. The minimum Gasteiger partial charge on any atom is -0.399 e. The number of pyridine rings is 1. The van der Waals surface area contributed by atoms with E-state index in [-0.39, 0.29) is 4.90 Å². The van der Waals surface area contributed by atoms with Crippen molar-refractivity contribution >= 4 is 21.4 Å². The Balaban J connectivity index is 2.43. The average molecular weight is 263 g/mol. The monoisotopic (exact) mass is 263 g/mol. The highest BCUT2D eigenvalue weighted by Gasteiger charge is 2.21. The van der Waals surface area contributed by atoms with Crippen molar-refractivity contribution in [3.05, 3.63) is 48.8 Å². The zero-order valence-electron chi connectivity index (χ0n) is 9.82. The lowest BCUT2D eigenvalue weighted by molar-refractivity contribution is 0.594. The summed E-state index contributed by atoms with van der Waals surface area (Å²) < 4.78 is 25.8. The standard InChI is InChI=1S/C12H13N3O2S/c1-15(11-5-2-4-10(13)8-11)18(16,17)12-6-3-7-14-9-12/h2-9H,13H2,1H3. The highest BCUT2D eigenvalue weighted by Crippen LogP contribution is 2.22. The zero-order chi connectivity index (χ0) is 13.2. The number of nitrogens with zero attached hydrogens (tertiary/aromatic N) is 2. The van der Waals surface area contributed by atoms with Crippen molar-refractivity contribution in [3.63, 3.8) is 0 Å². The number of hydrogen-bond acceptors (Lipinski definition) is 4. The van der Waals surface area contributed by atoms with Gasteiger partial charge in [0, 0.05) is 25.1 Å². The second-order valence-corrected chi connectivity index (χ2v) is 5.73. The summed E-state index contributed by atoms with van der Waals surface area (Å²) in [4.78, 5) is 3.96. The molecule has 2 rings (SSSR count). The molecule has 1 heterocycles. The van der Waals surface area contributed by atoms with Crippen molar-refractivity contribution in [2.24, 2.45) is 0 Å². The summed E-state index contributed by atoms with van der Waals surface area (Å²) in [7, 11) is -2.11. The Morgan fingerprint density at radius 2 is 2.00 bits per heavy atom. The fourth-order valence-electron chi connectivity index (χ4n) is 1.52. The number of hydrogen-bond donors (Lipinski definition) is 1. The molecule has 0 saturated heterocycles. The molecule has 2 N–H and O–H groups in total. The van der Waals surface area contributed by atoms with Crippen LogP contribution in [0.15, 0.2) is 53.7 Å². The summed E-state index contributed by atoms with van der Waals surface area (Å²) in [5.41, 5.74) is 6.67. The minimum atomic E-state index is -3.59. The van der Waals surface area contributed by atoms with Gasteiger partial charge in [-0.25, -0.2) is 8.42 Å². The molecular weight excluding hydrogens is 250 g/mol. The van der Waals surface area contributed by atoms with Gasteiger partial charge in [0.15, 0.2) is 0 Å². The van der Waals surface area contributed by atoms with E-state index in [0.717, 1.165) is 0 Å². The number of aromatic nitrogens is 1. The molecule has 0 unspecified atom stereocenters. The first-order chi connectivity index (χ1) is 8.51. The molecule has 5 nitrogen and oxygen atoms in total. The van der Waals surface area contributed by atoms with E-state index in [0.29, 0.717) is 11.4 Å². The number of sulfonamides is 1. The maximum absolute atomic E-state index is 12.3. The third-order valence-electron chi connectivity index (χ3n) is 2.53. The quantitative estimate of drug-likeness (QED) is 0.851. The molecule has 0 aliphatic heterocycles. The summed E-state index contributed by atoms with van der Waals surface area (Å²) in [6.07, 6.45) is 2.84. The van der Waals surface area contributed by atoms with E-state index in [1.165, 1.54) is 29.8 Å². The summed E-state index contributed by atoms with van der Waals surface area (Å²) in [6, 6.07) is 9.79. The van der Waals surface area contributed by atoms with E-state index in [1.807, 2.05) is 0 Å². The van der Waals surface area contributed by atoms with Crippen LogP contribution in [0.25, 0.3) is 0 Å². The minimum absolute atomic E-state index is 0.148. The number of nitrogens with two attached hydrogens (primary N) is 1. The van der Waals surface area contributed by atoms with Crippen molar-refractivity contribution in [3.8, 4) is 0 Å². The molecule has 0 spiro atoms. The third-order valence-corrected chi connectivity index (χ3v) is 4.30. The molecule has 18 heavy (non-hydrogen) atoms. The lowest BCUT2D eigenvalue weighted by Gasteiger charge is -2.19. The first kappa shape index (κ1) is 12.4. The Labute approximate surface area is 106 Å². The van der Waals surface area contributed by atoms with Crippen molar-refractivity contribution in [1.29, 1.82) is 0 Å². The predicted molar refractivity (Wildman–Crippen MR) is 70.7 cm³/mol. The van der Waals surface area contributed by atoms with Gasteiger partial charge >= 0.3 is 0 Å². The van der Waals surface area contributed by atoms with Crippen molar-refractivity contribution in [1.82, 2.24) is 4.98 Å². The van der Waals surface area contributed by atoms with Gasteiger partial charge in [-0.15, -0.1) is 0 Å². The van der Waals surface area contributed by atoms with Crippen LogP contribution in [0.3, 0.4) is 0 Å². The molecule has 0 radical (unpaired) electrons. The van der Waals surface area contributed by atoms with E-state index >= 15 is 0 Å². The number of benzene rings is 1. The summed E-state index contributed by atoms with van der Waals surface area (Å²) in [5.74, 6) is 0. The van der Waals surface area contributed by atoms with Crippen LogP contribution in [0.2, 0.25) is 0 Å². The number of rotatable bonds is 3. The highest BCUT2D eigenvalue weighted by molar-refractivity contribution is 7.92. The first-order valence-corrected chi connectivity index (χ1v) is 6.70. The molecule has 0 saturated carbocycles. The highest BCUT2D eigenvalue weighted by atomic mass is 32.2. The number of anilines is 2. The molecular formula is C12H13N3O2S. The van der Waals surface area contributed by atoms with E-state index in [4.69, 9.17) is 5.73 Å². The molecule has 2 aromatic rings. The second kappa shape index (κ2) is 4.66. The largest absolute Gasteiger partial charge is 0.399 e. The van der Waals surface area contributed by atoms with Gasteiger partial charge in [-0.05, 0) is 30.3 Å². The van der Waals surface area contributed by atoms with Crippen molar-refractivity contribution < 1.29 is 8.42 Å². The summed E-state index contributed by atoms with van der Waals surface area (Å²) in [6.45, 7) is 0. The van der Waals surface area contributed by atoms with Gasteiger partial charge in [0.2, 0.25) is 0 Å². The molecule has 1 aromatic heterocycles. The Morgan fingerprint density at radius 3 is 2.61 bits per heavy atom. The van der Waals surface area contributed by atoms with Gasteiger partial charge in [0.25, 0.3) is 10.0 Å². The van der Waals surface area contributed by atoms with Crippen molar-refractivity contribution in [2.45, 2.75) is 4.90 Å². The van der Waals surface area contributed by atoms with Crippen LogP contribution < -0.4 is 10.0 Å². The van der Waals surface area contributed by atoms with Crippen LogP contribution in [0.4, 0.5) is 11.4 Å². The number of nitrogen functional groups attached to an aromatic ring is 1. The van der Waals surface area contributed by atoms with Crippen molar-refractivity contribution in [2.75, 3.05) is 17.1 Å². The van der Waals surface area contributed by atoms with E-state index in [9.17, 15) is 8.42 Å². The van der Waals surface area contributed by atoms with Crippen LogP contribution in [-0.2, 0) is 10.0 Å². The molecule has 0 fully saturated rings. The lowest BCUT2D eigenvalue weighted by atomic mass is 10.3. The molecule has 94 valence electrons. The summed E-state index contributed by atoms with van der Waals surface area (Å²) in [5, 5.41) is 0. The normalized spacial score (nSPS) is 11.2. The third kappa shape index (κ3) is 2.28. The Morgan fingerprint density at radius 1 is 1.22 bits per heavy atom.